The van der Waals surface area contributed by atoms with Gasteiger partial charge in [0, 0.05) is 38.3 Å². The van der Waals surface area contributed by atoms with Gasteiger partial charge in [-0.15, -0.1) is 24.8 Å². The predicted octanol–water partition coefficient (Wildman–Crippen LogP) is 2.79. The molecule has 2 atom stereocenters. The number of rotatable bonds is 5. The second-order valence-corrected chi connectivity index (χ2v) is 7.15. The number of carbonyl (C=O) groups is 1. The molecule has 0 aromatic heterocycles. The minimum Gasteiger partial charge on any atom is -0.373 e. The van der Waals surface area contributed by atoms with E-state index in [1.807, 2.05) is 12.1 Å². The van der Waals surface area contributed by atoms with Crippen LogP contribution in [-0.2, 0) is 11.3 Å². The first-order valence-corrected chi connectivity index (χ1v) is 9.24. The molecule has 1 aromatic carbocycles. The molecule has 0 aliphatic carbocycles. The summed E-state index contributed by atoms with van der Waals surface area (Å²) in [5, 5.41) is 6.30. The van der Waals surface area contributed by atoms with E-state index in [4.69, 9.17) is 4.74 Å². The minimum atomic E-state index is -0.000371. The average molecular weight is 416 g/mol. The van der Waals surface area contributed by atoms with E-state index < -0.39 is 0 Å². The van der Waals surface area contributed by atoms with Gasteiger partial charge in [0.2, 0.25) is 0 Å². The smallest absolute Gasteiger partial charge is 0.251 e. The fourth-order valence-electron chi connectivity index (χ4n) is 3.56. The van der Waals surface area contributed by atoms with Crippen LogP contribution in [-0.4, -0.2) is 55.7 Å². The lowest BCUT2D eigenvalue weighted by Gasteiger charge is -2.35. The molecule has 1 amide bonds. The van der Waals surface area contributed by atoms with Gasteiger partial charge in [0.15, 0.2) is 0 Å². The van der Waals surface area contributed by atoms with Crippen LogP contribution in [0.1, 0.15) is 36.2 Å². The van der Waals surface area contributed by atoms with Crippen molar-refractivity contribution in [3.05, 3.63) is 47.0 Å². The van der Waals surface area contributed by atoms with Gasteiger partial charge in [-0.05, 0) is 44.5 Å². The summed E-state index contributed by atoms with van der Waals surface area (Å²) in [4.78, 5) is 14.7. The number of benzene rings is 1. The summed E-state index contributed by atoms with van der Waals surface area (Å²) in [5.74, 6) is -0.000371. The van der Waals surface area contributed by atoms with Crippen molar-refractivity contribution in [1.29, 1.82) is 0 Å². The molecule has 1 saturated heterocycles. The Balaban J connectivity index is 0.00000182. The SMILES string of the molecule is CC1CN(Cc2ccc(C(=O)NCC3=CCNCC3)cc2)CC(C)O1.Cl.Cl. The van der Waals surface area contributed by atoms with Crippen LogP contribution >= 0.6 is 24.8 Å². The maximum Gasteiger partial charge on any atom is 0.251 e. The number of ether oxygens (including phenoxy) is 1. The molecule has 2 aliphatic heterocycles. The van der Waals surface area contributed by atoms with E-state index >= 15 is 0 Å². The van der Waals surface area contributed by atoms with Gasteiger partial charge in [-0.25, -0.2) is 0 Å². The Hall–Kier alpha value is -1.11. The average Bonchev–Trinajstić information content (AvgIpc) is 2.60. The Bertz CT molecular complexity index is 612. The zero-order valence-corrected chi connectivity index (χ0v) is 17.7. The number of morpholine rings is 1. The van der Waals surface area contributed by atoms with Crippen LogP contribution in [0.15, 0.2) is 35.9 Å². The molecule has 0 radical (unpaired) electrons. The summed E-state index contributed by atoms with van der Waals surface area (Å²) in [6.07, 6.45) is 3.73. The first-order valence-electron chi connectivity index (χ1n) is 9.24. The van der Waals surface area contributed by atoms with Crippen LogP contribution in [0.4, 0.5) is 0 Å². The van der Waals surface area contributed by atoms with Crippen LogP contribution in [0.5, 0.6) is 0 Å². The van der Waals surface area contributed by atoms with E-state index in [2.05, 4.69) is 47.6 Å². The maximum absolute atomic E-state index is 12.3. The molecule has 0 spiro atoms. The van der Waals surface area contributed by atoms with Crippen molar-refractivity contribution in [2.45, 2.75) is 39.0 Å². The molecular weight excluding hydrogens is 385 g/mol. The lowest BCUT2D eigenvalue weighted by Crippen LogP contribution is -2.44. The van der Waals surface area contributed by atoms with Crippen molar-refractivity contribution >= 4 is 30.7 Å². The molecule has 2 N–H and O–H groups in total. The first-order chi connectivity index (χ1) is 12.1. The molecule has 27 heavy (non-hydrogen) atoms. The Kier molecular flexibility index (Phi) is 10.3. The van der Waals surface area contributed by atoms with E-state index in [1.54, 1.807) is 0 Å². The first kappa shape index (κ1) is 23.9. The summed E-state index contributed by atoms with van der Waals surface area (Å²) in [6, 6.07) is 7.97. The number of nitrogens with one attached hydrogen (secondary N) is 2. The normalized spacial score (nSPS) is 22.8. The Morgan fingerprint density at radius 1 is 1.19 bits per heavy atom. The minimum absolute atomic E-state index is 0. The molecule has 3 rings (SSSR count). The third kappa shape index (κ3) is 7.43. The van der Waals surface area contributed by atoms with E-state index in [9.17, 15) is 4.79 Å². The molecule has 2 heterocycles. The topological polar surface area (TPSA) is 53.6 Å². The van der Waals surface area contributed by atoms with Crippen molar-refractivity contribution < 1.29 is 9.53 Å². The van der Waals surface area contributed by atoms with Crippen LogP contribution in [0.3, 0.4) is 0 Å². The summed E-state index contributed by atoms with van der Waals surface area (Å²) in [7, 11) is 0. The van der Waals surface area contributed by atoms with Crippen molar-refractivity contribution in [3.8, 4) is 0 Å². The number of hydrogen-bond donors (Lipinski definition) is 2. The molecule has 1 fully saturated rings. The number of hydrogen-bond acceptors (Lipinski definition) is 4. The molecule has 152 valence electrons. The van der Waals surface area contributed by atoms with Gasteiger partial charge in [0.25, 0.3) is 5.91 Å². The summed E-state index contributed by atoms with van der Waals surface area (Å²) < 4.78 is 5.78. The molecule has 5 nitrogen and oxygen atoms in total. The van der Waals surface area contributed by atoms with E-state index in [0.717, 1.165) is 44.7 Å². The molecule has 2 aliphatic rings. The second-order valence-electron chi connectivity index (χ2n) is 7.15. The van der Waals surface area contributed by atoms with Crippen LogP contribution < -0.4 is 10.6 Å². The van der Waals surface area contributed by atoms with Gasteiger partial charge in [0.05, 0.1) is 12.2 Å². The number of carbonyl (C=O) groups excluding carboxylic acids is 1. The standard InChI is InChI=1S/C20H29N3O2.2ClH/c1-15-12-23(13-16(2)25-15)14-18-3-5-19(6-4-18)20(24)22-11-17-7-9-21-10-8-17;;/h3-7,15-16,21H,8-14H2,1-2H3,(H,22,24);2*1H. The second kappa shape index (κ2) is 11.7. The Labute approximate surface area is 174 Å². The third-order valence-corrected chi connectivity index (χ3v) is 4.75. The Morgan fingerprint density at radius 2 is 1.85 bits per heavy atom. The highest BCUT2D eigenvalue weighted by molar-refractivity contribution is 5.94. The Morgan fingerprint density at radius 3 is 2.44 bits per heavy atom. The molecule has 7 heteroatoms. The largest absolute Gasteiger partial charge is 0.373 e. The van der Waals surface area contributed by atoms with E-state index in [0.29, 0.717) is 6.54 Å². The number of halogens is 2. The van der Waals surface area contributed by atoms with Crippen LogP contribution in [0, 0.1) is 0 Å². The molecule has 1 aromatic rings. The van der Waals surface area contributed by atoms with Gasteiger partial charge in [-0.2, -0.15) is 0 Å². The number of amides is 1. The monoisotopic (exact) mass is 415 g/mol. The van der Waals surface area contributed by atoms with Gasteiger partial charge in [-0.1, -0.05) is 23.8 Å². The predicted molar refractivity (Wildman–Crippen MR) is 114 cm³/mol. The highest BCUT2D eigenvalue weighted by Crippen LogP contribution is 2.15. The maximum atomic E-state index is 12.3. The highest BCUT2D eigenvalue weighted by Gasteiger charge is 2.22. The highest BCUT2D eigenvalue weighted by atomic mass is 35.5. The van der Waals surface area contributed by atoms with Gasteiger partial charge in [0.1, 0.15) is 0 Å². The van der Waals surface area contributed by atoms with E-state index in [-0.39, 0.29) is 42.9 Å². The zero-order valence-electron chi connectivity index (χ0n) is 16.1. The lowest BCUT2D eigenvalue weighted by molar-refractivity contribution is -0.0704. The van der Waals surface area contributed by atoms with Gasteiger partial charge >= 0.3 is 0 Å². The van der Waals surface area contributed by atoms with Crippen LogP contribution in [0.25, 0.3) is 0 Å². The summed E-state index contributed by atoms with van der Waals surface area (Å²) >= 11 is 0. The zero-order chi connectivity index (χ0) is 17.6. The quantitative estimate of drug-likeness (QED) is 0.725. The molecular formula is C20H31Cl2N3O2. The van der Waals surface area contributed by atoms with Crippen molar-refractivity contribution in [1.82, 2.24) is 15.5 Å². The molecule has 0 bridgehead atoms. The van der Waals surface area contributed by atoms with Crippen molar-refractivity contribution in [2.24, 2.45) is 0 Å². The van der Waals surface area contributed by atoms with Crippen molar-refractivity contribution in [3.63, 3.8) is 0 Å². The lowest BCUT2D eigenvalue weighted by atomic mass is 10.1. The summed E-state index contributed by atoms with van der Waals surface area (Å²) in [5.41, 5.74) is 3.26. The van der Waals surface area contributed by atoms with Gasteiger partial charge in [-0.3, -0.25) is 9.69 Å². The summed E-state index contributed by atoms with van der Waals surface area (Å²) in [6.45, 7) is 9.59. The third-order valence-electron chi connectivity index (χ3n) is 4.75. The molecule has 2 unspecified atom stereocenters. The fraction of sp³-hybridized carbons (Fsp3) is 0.550. The van der Waals surface area contributed by atoms with Crippen molar-refractivity contribution in [2.75, 3.05) is 32.7 Å². The van der Waals surface area contributed by atoms with Crippen LogP contribution in [0.2, 0.25) is 0 Å². The molecule has 0 saturated carbocycles. The van der Waals surface area contributed by atoms with Gasteiger partial charge < -0.3 is 15.4 Å². The number of nitrogens with zero attached hydrogens (tertiary/aromatic N) is 1. The van der Waals surface area contributed by atoms with E-state index in [1.165, 1.54) is 11.1 Å². The fourth-order valence-corrected chi connectivity index (χ4v) is 3.56.